The smallest absolute Gasteiger partial charge is 0.120 e. The molecule has 0 spiro atoms. The Bertz CT molecular complexity index is 2220. The van der Waals surface area contributed by atoms with Gasteiger partial charge in [0.15, 0.2) is 0 Å². The molecule has 3 heterocycles. The molecule has 0 aliphatic heterocycles. The van der Waals surface area contributed by atoms with Crippen LogP contribution in [0.4, 0.5) is 0 Å². The molecule has 7 aromatic rings. The molecule has 0 fully saturated rings. The van der Waals surface area contributed by atoms with Crippen molar-refractivity contribution < 1.29 is 24.5 Å². The first-order valence-corrected chi connectivity index (χ1v) is 24.1. The van der Waals surface area contributed by atoms with Crippen molar-refractivity contribution in [1.82, 2.24) is 9.97 Å². The summed E-state index contributed by atoms with van der Waals surface area (Å²) in [5, 5.41) is 2.26. The summed E-state index contributed by atoms with van der Waals surface area (Å²) in [5.41, 5.74) is 14.5. The van der Waals surface area contributed by atoms with Crippen LogP contribution in [0.3, 0.4) is 0 Å². The standard InChI is InChI=1S/C29H26NO.C15H18GeN.Ir/c1-17(2)21-12-13-30-25(16-21)22-10-11-24(27-19(4)14-18(3)15-20(27)5)28-23-8-6-7-9-26(23)31-29(22)28;1-12-10-15(13-8-6-5-7-9-13)17-11-14(12)16(2,3)4;/h6-9,11-17H,1-5H3;5-8,10-11H,1-4H3;/q2*-1;. The van der Waals surface area contributed by atoms with E-state index in [4.69, 9.17) is 4.42 Å². The zero-order valence-corrected chi connectivity index (χ0v) is 34.4. The first kappa shape index (κ1) is 36.5. The Kier molecular flexibility index (Phi) is 11.1. The third-order valence-electron chi connectivity index (χ3n) is 9.01. The van der Waals surface area contributed by atoms with E-state index in [0.717, 1.165) is 44.5 Å². The Morgan fingerprint density at radius 1 is 0.755 bits per heavy atom. The van der Waals surface area contributed by atoms with E-state index in [1.165, 1.54) is 43.3 Å². The van der Waals surface area contributed by atoms with Gasteiger partial charge in [0.05, 0.1) is 5.58 Å². The summed E-state index contributed by atoms with van der Waals surface area (Å²) in [6.45, 7) is 13.1. The fraction of sp³-hybridized carbons (Fsp3) is 0.227. The third kappa shape index (κ3) is 7.68. The van der Waals surface area contributed by atoms with Gasteiger partial charge in [-0.2, -0.15) is 0 Å². The van der Waals surface area contributed by atoms with E-state index in [2.05, 4.69) is 142 Å². The minimum atomic E-state index is -1.77. The molecule has 0 atom stereocenters. The van der Waals surface area contributed by atoms with E-state index in [1.807, 2.05) is 36.5 Å². The van der Waals surface area contributed by atoms with Crippen molar-refractivity contribution in [3.05, 3.63) is 137 Å². The molecule has 0 unspecified atom stereocenters. The zero-order chi connectivity index (χ0) is 34.2. The molecular formula is C44H44GeIrN2O-2. The number of rotatable bonds is 5. The maximum Gasteiger partial charge on any atom is 0.120 e. The minimum absolute atomic E-state index is 0. The Labute approximate surface area is 307 Å². The van der Waals surface area contributed by atoms with E-state index in [1.54, 1.807) is 0 Å². The van der Waals surface area contributed by atoms with Crippen LogP contribution < -0.4 is 4.40 Å². The Hall–Kier alpha value is -3.83. The van der Waals surface area contributed by atoms with Gasteiger partial charge in [-0.25, -0.2) is 0 Å². The molecule has 7 rings (SSSR count). The van der Waals surface area contributed by atoms with Gasteiger partial charge in [0.2, 0.25) is 0 Å². The monoisotopic (exact) mass is 883 g/mol. The Morgan fingerprint density at radius 2 is 1.47 bits per heavy atom. The van der Waals surface area contributed by atoms with Crippen molar-refractivity contribution in [3.63, 3.8) is 0 Å². The molecule has 3 nitrogen and oxygen atoms in total. The average molecular weight is 882 g/mol. The van der Waals surface area contributed by atoms with Gasteiger partial charge >= 0.3 is 106 Å². The Balaban J connectivity index is 0.000000221. The third-order valence-corrected chi connectivity index (χ3v) is 13.5. The van der Waals surface area contributed by atoms with Crippen LogP contribution in [-0.4, -0.2) is 23.2 Å². The molecule has 3 aromatic heterocycles. The van der Waals surface area contributed by atoms with Crippen molar-refractivity contribution in [3.8, 4) is 33.6 Å². The molecule has 0 aliphatic rings. The number of pyridine rings is 2. The average Bonchev–Trinajstić information content (AvgIpc) is 3.44. The number of fused-ring (bicyclic) bond motifs is 3. The maximum absolute atomic E-state index is 6.43. The van der Waals surface area contributed by atoms with Crippen LogP contribution in [0, 0.1) is 39.8 Å². The number of benzene rings is 4. The quantitative estimate of drug-likeness (QED) is 0.128. The Morgan fingerprint density at radius 3 is 2.12 bits per heavy atom. The topological polar surface area (TPSA) is 38.9 Å². The molecule has 4 aromatic carbocycles. The summed E-state index contributed by atoms with van der Waals surface area (Å²) < 4.78 is 7.92. The van der Waals surface area contributed by atoms with Crippen LogP contribution in [-0.2, 0) is 20.1 Å². The summed E-state index contributed by atoms with van der Waals surface area (Å²) in [7, 11) is 0. The molecule has 0 saturated carbocycles. The van der Waals surface area contributed by atoms with E-state index in [9.17, 15) is 0 Å². The van der Waals surface area contributed by atoms with Gasteiger partial charge < -0.3 is 9.40 Å². The summed E-state index contributed by atoms with van der Waals surface area (Å²) in [5.74, 6) is 7.64. The van der Waals surface area contributed by atoms with Crippen molar-refractivity contribution in [2.75, 3.05) is 0 Å². The predicted molar refractivity (Wildman–Crippen MR) is 206 cm³/mol. The number of nitrogens with zero attached hydrogens (tertiary/aromatic N) is 2. The summed E-state index contributed by atoms with van der Waals surface area (Å²) >= 11 is -1.77. The zero-order valence-electron chi connectivity index (χ0n) is 30.0. The predicted octanol–water partition coefficient (Wildman–Crippen LogP) is 11.6. The minimum Gasteiger partial charge on any atom is -0.501 e. The molecule has 0 saturated heterocycles. The summed E-state index contributed by atoms with van der Waals surface area (Å²) in [6, 6.07) is 36.1. The summed E-state index contributed by atoms with van der Waals surface area (Å²) in [6.07, 6.45) is 3.96. The molecule has 251 valence electrons. The van der Waals surface area contributed by atoms with Crippen LogP contribution >= 0.6 is 0 Å². The first-order valence-electron chi connectivity index (χ1n) is 16.8. The molecule has 1 radical (unpaired) electrons. The molecule has 0 amide bonds. The molecular weight excluding hydrogens is 837 g/mol. The fourth-order valence-electron chi connectivity index (χ4n) is 6.75. The molecule has 0 N–H and O–H groups in total. The first-order chi connectivity index (χ1) is 22.9. The second-order valence-electron chi connectivity index (χ2n) is 14.2. The number of aromatic nitrogens is 2. The van der Waals surface area contributed by atoms with Crippen molar-refractivity contribution in [2.45, 2.75) is 64.7 Å². The van der Waals surface area contributed by atoms with Crippen molar-refractivity contribution in [2.24, 2.45) is 0 Å². The van der Waals surface area contributed by atoms with Crippen molar-refractivity contribution >= 4 is 39.6 Å². The van der Waals surface area contributed by atoms with Crippen LogP contribution in [0.25, 0.3) is 55.6 Å². The van der Waals surface area contributed by atoms with E-state index < -0.39 is 13.3 Å². The van der Waals surface area contributed by atoms with Crippen LogP contribution in [0.5, 0.6) is 0 Å². The second-order valence-corrected chi connectivity index (χ2v) is 24.8. The second kappa shape index (κ2) is 15.0. The molecule has 0 aliphatic carbocycles. The normalized spacial score (nSPS) is 11.4. The largest absolute Gasteiger partial charge is 0.501 e. The van der Waals surface area contributed by atoms with Gasteiger partial charge in [0, 0.05) is 31.7 Å². The summed E-state index contributed by atoms with van der Waals surface area (Å²) in [4.78, 5) is 9.26. The van der Waals surface area contributed by atoms with E-state index in [-0.39, 0.29) is 20.1 Å². The van der Waals surface area contributed by atoms with Gasteiger partial charge in [0.25, 0.3) is 0 Å². The molecule has 49 heavy (non-hydrogen) atoms. The van der Waals surface area contributed by atoms with Gasteiger partial charge in [-0.1, -0.05) is 89.2 Å². The number of furan rings is 1. The number of hydrogen-bond acceptors (Lipinski definition) is 3. The van der Waals surface area contributed by atoms with Crippen LogP contribution in [0.1, 0.15) is 47.6 Å². The van der Waals surface area contributed by atoms with Gasteiger partial charge in [-0.15, -0.1) is 12.1 Å². The fourth-order valence-corrected chi connectivity index (χ4v) is 10.3. The number of hydrogen-bond donors (Lipinski definition) is 0. The van der Waals surface area contributed by atoms with Gasteiger partial charge in [-0.05, 0) is 49.9 Å². The van der Waals surface area contributed by atoms with Crippen LogP contribution in [0.15, 0.2) is 102 Å². The number of para-hydroxylation sites is 1. The SMILES string of the molecule is Cc1cc(-c2[c-]cccc2)nc[c]1[Ge]([CH3])([CH3])[CH3].Cc1cc(C)c(-c2c[c-]c(-c3cc(C(C)C)ccn3)c3oc4ccccc4c23)c(C)c1.[Ir]. The van der Waals surface area contributed by atoms with Crippen LogP contribution in [0.2, 0.25) is 17.3 Å². The van der Waals surface area contributed by atoms with Gasteiger partial charge in [0.1, 0.15) is 5.58 Å². The molecule has 5 heteroatoms. The van der Waals surface area contributed by atoms with E-state index in [0.29, 0.717) is 5.92 Å². The van der Waals surface area contributed by atoms with E-state index >= 15 is 0 Å². The molecule has 0 bridgehead atoms. The van der Waals surface area contributed by atoms with Gasteiger partial charge in [-0.3, -0.25) is 0 Å². The van der Waals surface area contributed by atoms with Crippen molar-refractivity contribution in [1.29, 1.82) is 0 Å². The maximum atomic E-state index is 6.43. The number of aryl methyl sites for hydroxylation is 4.